The SMILES string of the molecule is CC(C)(C)OC(=O)NC(CCCN)c1cccc(C(F)(F)F)c1.Cl. The van der Waals surface area contributed by atoms with E-state index in [-0.39, 0.29) is 12.4 Å². The molecule has 1 unspecified atom stereocenters. The highest BCUT2D eigenvalue weighted by molar-refractivity contribution is 5.85. The minimum Gasteiger partial charge on any atom is -0.444 e. The van der Waals surface area contributed by atoms with Crippen LogP contribution >= 0.6 is 12.4 Å². The maximum Gasteiger partial charge on any atom is 0.416 e. The molecule has 3 N–H and O–H groups in total. The number of hydrogen-bond acceptors (Lipinski definition) is 3. The van der Waals surface area contributed by atoms with Crippen molar-refractivity contribution < 1.29 is 22.7 Å². The summed E-state index contributed by atoms with van der Waals surface area (Å²) in [5.41, 5.74) is 4.40. The first-order valence-electron chi connectivity index (χ1n) is 7.39. The van der Waals surface area contributed by atoms with Gasteiger partial charge in [0.25, 0.3) is 0 Å². The van der Waals surface area contributed by atoms with Gasteiger partial charge in [-0.2, -0.15) is 13.2 Å². The molecule has 0 radical (unpaired) electrons. The highest BCUT2D eigenvalue weighted by Gasteiger charge is 2.31. The minimum atomic E-state index is -4.43. The first-order chi connectivity index (χ1) is 10.5. The van der Waals surface area contributed by atoms with Crippen LogP contribution in [0.5, 0.6) is 0 Å². The van der Waals surface area contributed by atoms with Gasteiger partial charge in [0.15, 0.2) is 0 Å². The van der Waals surface area contributed by atoms with Gasteiger partial charge in [-0.3, -0.25) is 0 Å². The lowest BCUT2D eigenvalue weighted by Gasteiger charge is -2.24. The van der Waals surface area contributed by atoms with E-state index >= 15 is 0 Å². The molecule has 24 heavy (non-hydrogen) atoms. The molecule has 0 spiro atoms. The van der Waals surface area contributed by atoms with E-state index in [0.29, 0.717) is 24.9 Å². The number of carbonyl (C=O) groups excluding carboxylic acids is 1. The standard InChI is InChI=1S/C16H23F3N2O2.ClH/c1-15(2,3)23-14(22)21-13(8-5-9-20)11-6-4-7-12(10-11)16(17,18)19;/h4,6-7,10,13H,5,8-9,20H2,1-3H3,(H,21,22);1H. The number of ether oxygens (including phenoxy) is 1. The summed E-state index contributed by atoms with van der Waals surface area (Å²) in [6.07, 6.45) is -4.11. The number of carbonyl (C=O) groups is 1. The van der Waals surface area contributed by atoms with Crippen molar-refractivity contribution in [3.05, 3.63) is 35.4 Å². The molecule has 1 aromatic carbocycles. The Labute approximate surface area is 146 Å². The summed E-state index contributed by atoms with van der Waals surface area (Å²) in [5, 5.41) is 2.62. The molecule has 1 aromatic rings. The molecule has 0 saturated carbocycles. The number of hydrogen-bond donors (Lipinski definition) is 2. The summed E-state index contributed by atoms with van der Waals surface area (Å²) in [7, 11) is 0. The summed E-state index contributed by atoms with van der Waals surface area (Å²) in [5.74, 6) is 0. The van der Waals surface area contributed by atoms with E-state index in [0.717, 1.165) is 12.1 Å². The lowest BCUT2D eigenvalue weighted by molar-refractivity contribution is -0.137. The van der Waals surface area contributed by atoms with Crippen molar-refractivity contribution in [1.82, 2.24) is 5.32 Å². The first kappa shape index (κ1) is 22.5. The van der Waals surface area contributed by atoms with Gasteiger partial charge in [0.05, 0.1) is 11.6 Å². The average Bonchev–Trinajstić information content (AvgIpc) is 2.40. The number of alkyl carbamates (subject to hydrolysis) is 1. The fourth-order valence-corrected chi connectivity index (χ4v) is 2.03. The zero-order valence-corrected chi connectivity index (χ0v) is 14.8. The molecular formula is C16H24ClF3N2O2. The van der Waals surface area contributed by atoms with Gasteiger partial charge in [-0.15, -0.1) is 12.4 Å². The first-order valence-corrected chi connectivity index (χ1v) is 7.39. The fraction of sp³-hybridized carbons (Fsp3) is 0.562. The molecule has 0 saturated heterocycles. The quantitative estimate of drug-likeness (QED) is 0.808. The van der Waals surface area contributed by atoms with Crippen LogP contribution < -0.4 is 11.1 Å². The summed E-state index contributed by atoms with van der Waals surface area (Å²) < 4.78 is 43.7. The molecule has 0 aromatic heterocycles. The lowest BCUT2D eigenvalue weighted by Crippen LogP contribution is -2.35. The Bertz CT molecular complexity index is 531. The number of nitrogens with two attached hydrogens (primary N) is 1. The Balaban J connectivity index is 0.00000529. The summed E-state index contributed by atoms with van der Waals surface area (Å²) in [4.78, 5) is 11.9. The summed E-state index contributed by atoms with van der Waals surface area (Å²) in [6.45, 7) is 5.52. The third-order valence-corrected chi connectivity index (χ3v) is 3.00. The summed E-state index contributed by atoms with van der Waals surface area (Å²) in [6, 6.07) is 4.32. The molecule has 0 aliphatic heterocycles. The molecule has 0 heterocycles. The third kappa shape index (κ3) is 7.88. The minimum absolute atomic E-state index is 0. The number of benzene rings is 1. The molecular weight excluding hydrogens is 345 g/mol. The normalized spacial score (nSPS) is 13.0. The van der Waals surface area contributed by atoms with Gasteiger partial charge >= 0.3 is 12.3 Å². The second kappa shape index (κ2) is 9.13. The van der Waals surface area contributed by atoms with E-state index < -0.39 is 29.5 Å². The second-order valence-electron chi connectivity index (χ2n) is 6.25. The Kier molecular flexibility index (Phi) is 8.57. The lowest BCUT2D eigenvalue weighted by atomic mass is 9.99. The van der Waals surface area contributed by atoms with E-state index in [1.807, 2.05) is 0 Å². The van der Waals surface area contributed by atoms with Gasteiger partial charge in [0, 0.05) is 0 Å². The zero-order chi connectivity index (χ0) is 17.7. The van der Waals surface area contributed by atoms with Crippen LogP contribution in [-0.2, 0) is 10.9 Å². The van der Waals surface area contributed by atoms with Crippen LogP contribution in [0, 0.1) is 0 Å². The van der Waals surface area contributed by atoms with Crippen molar-refractivity contribution in [3.63, 3.8) is 0 Å². The molecule has 138 valence electrons. The van der Waals surface area contributed by atoms with Crippen molar-refractivity contribution in [2.45, 2.75) is 51.4 Å². The molecule has 0 aliphatic carbocycles. The fourth-order valence-electron chi connectivity index (χ4n) is 2.03. The van der Waals surface area contributed by atoms with Crippen LogP contribution in [0.3, 0.4) is 0 Å². The Morgan fingerprint density at radius 2 is 1.92 bits per heavy atom. The summed E-state index contributed by atoms with van der Waals surface area (Å²) >= 11 is 0. The molecule has 8 heteroatoms. The van der Waals surface area contributed by atoms with Crippen LogP contribution in [0.25, 0.3) is 0 Å². The zero-order valence-electron chi connectivity index (χ0n) is 13.9. The van der Waals surface area contributed by atoms with Crippen molar-refractivity contribution in [2.75, 3.05) is 6.54 Å². The highest BCUT2D eigenvalue weighted by Crippen LogP contribution is 2.31. The van der Waals surface area contributed by atoms with Crippen molar-refractivity contribution in [3.8, 4) is 0 Å². The predicted molar refractivity (Wildman–Crippen MR) is 89.1 cm³/mol. The number of halogens is 4. The molecule has 0 fully saturated rings. The topological polar surface area (TPSA) is 64.3 Å². The molecule has 4 nitrogen and oxygen atoms in total. The number of amides is 1. The Morgan fingerprint density at radius 1 is 1.29 bits per heavy atom. The smallest absolute Gasteiger partial charge is 0.416 e. The van der Waals surface area contributed by atoms with E-state index in [1.165, 1.54) is 6.07 Å². The van der Waals surface area contributed by atoms with E-state index in [4.69, 9.17) is 10.5 Å². The second-order valence-corrected chi connectivity index (χ2v) is 6.25. The maximum absolute atomic E-state index is 12.8. The van der Waals surface area contributed by atoms with E-state index in [9.17, 15) is 18.0 Å². The van der Waals surface area contributed by atoms with Crippen LogP contribution in [0.4, 0.5) is 18.0 Å². The van der Waals surface area contributed by atoms with Gasteiger partial charge in [-0.05, 0) is 57.9 Å². The van der Waals surface area contributed by atoms with E-state index in [1.54, 1.807) is 26.8 Å². The highest BCUT2D eigenvalue weighted by atomic mass is 35.5. The van der Waals surface area contributed by atoms with Gasteiger partial charge < -0.3 is 15.8 Å². The van der Waals surface area contributed by atoms with Crippen LogP contribution in [0.15, 0.2) is 24.3 Å². The monoisotopic (exact) mass is 368 g/mol. The largest absolute Gasteiger partial charge is 0.444 e. The molecule has 1 rings (SSSR count). The van der Waals surface area contributed by atoms with Gasteiger partial charge in [-0.25, -0.2) is 4.79 Å². The van der Waals surface area contributed by atoms with Gasteiger partial charge in [-0.1, -0.05) is 12.1 Å². The van der Waals surface area contributed by atoms with Gasteiger partial charge in [0.1, 0.15) is 5.60 Å². The van der Waals surface area contributed by atoms with Crippen molar-refractivity contribution in [1.29, 1.82) is 0 Å². The average molecular weight is 369 g/mol. The van der Waals surface area contributed by atoms with Gasteiger partial charge in [0.2, 0.25) is 0 Å². The van der Waals surface area contributed by atoms with Crippen LogP contribution in [-0.4, -0.2) is 18.2 Å². The van der Waals surface area contributed by atoms with Crippen LogP contribution in [0.1, 0.15) is 50.8 Å². The molecule has 0 aliphatic rings. The third-order valence-electron chi connectivity index (χ3n) is 3.00. The number of rotatable bonds is 5. The van der Waals surface area contributed by atoms with E-state index in [2.05, 4.69) is 5.32 Å². The van der Waals surface area contributed by atoms with Crippen LogP contribution in [0.2, 0.25) is 0 Å². The molecule has 1 amide bonds. The predicted octanol–water partition coefficient (Wildman–Crippen LogP) is 4.43. The Hall–Kier alpha value is -1.47. The maximum atomic E-state index is 12.8. The number of alkyl halides is 3. The number of nitrogens with one attached hydrogen (secondary N) is 1. The molecule has 0 bridgehead atoms. The Morgan fingerprint density at radius 3 is 2.42 bits per heavy atom. The molecule has 1 atom stereocenters. The van der Waals surface area contributed by atoms with Crippen molar-refractivity contribution >= 4 is 18.5 Å². The van der Waals surface area contributed by atoms with Crippen molar-refractivity contribution in [2.24, 2.45) is 5.73 Å².